The Bertz CT molecular complexity index is 484. The van der Waals surface area contributed by atoms with Gasteiger partial charge in [0, 0.05) is 0 Å². The first-order chi connectivity index (χ1) is 9.70. The molecule has 6 heteroatoms. The van der Waals surface area contributed by atoms with Crippen molar-refractivity contribution < 1.29 is 24.0 Å². The van der Waals surface area contributed by atoms with Crippen LogP contribution in [-0.4, -0.2) is 51.8 Å². The van der Waals surface area contributed by atoms with Gasteiger partial charge >= 0.3 is 5.97 Å². The molecule has 0 radical (unpaired) electrons. The molecule has 108 valence electrons. The number of methoxy groups -OCH3 is 1. The summed E-state index contributed by atoms with van der Waals surface area (Å²) in [5, 5.41) is 2.77. The minimum absolute atomic E-state index is 0.113. The summed E-state index contributed by atoms with van der Waals surface area (Å²) in [5.41, 5.74) is 0.845. The third-order valence-corrected chi connectivity index (χ3v) is 3.22. The number of nitrogens with one attached hydrogen (secondary N) is 2. The van der Waals surface area contributed by atoms with Crippen LogP contribution in [0, 0.1) is 0 Å². The Morgan fingerprint density at radius 2 is 2.00 bits per heavy atom. The number of morpholine rings is 1. The van der Waals surface area contributed by atoms with Crippen LogP contribution in [0.25, 0.3) is 0 Å². The summed E-state index contributed by atoms with van der Waals surface area (Å²) in [6.45, 7) is 3.39. The first-order valence-corrected chi connectivity index (χ1v) is 6.59. The molecule has 1 heterocycles. The van der Waals surface area contributed by atoms with Gasteiger partial charge in [-0.15, -0.1) is 0 Å². The van der Waals surface area contributed by atoms with Crippen molar-refractivity contribution in [1.82, 2.24) is 0 Å². The van der Waals surface area contributed by atoms with Gasteiger partial charge in [0.25, 0.3) is 5.91 Å². The molecular weight excluding hydrogens is 260 g/mol. The van der Waals surface area contributed by atoms with E-state index < -0.39 is 5.97 Å². The lowest BCUT2D eigenvalue weighted by molar-refractivity contribution is -0.899. The molecule has 1 aliphatic rings. The number of ether oxygens (including phenoxy) is 2. The highest BCUT2D eigenvalue weighted by Crippen LogP contribution is 2.15. The van der Waals surface area contributed by atoms with E-state index in [2.05, 4.69) is 5.32 Å². The summed E-state index contributed by atoms with van der Waals surface area (Å²) in [5.74, 6) is -0.571. The van der Waals surface area contributed by atoms with Crippen LogP contribution in [0.1, 0.15) is 10.4 Å². The van der Waals surface area contributed by atoms with Crippen LogP contribution >= 0.6 is 0 Å². The molecule has 1 amide bonds. The number of carbonyl (C=O) groups excluding carboxylic acids is 2. The lowest BCUT2D eigenvalue weighted by Crippen LogP contribution is -3.15. The first kappa shape index (κ1) is 14.5. The molecule has 0 atom stereocenters. The molecule has 1 fully saturated rings. The van der Waals surface area contributed by atoms with Gasteiger partial charge in [0.2, 0.25) is 0 Å². The van der Waals surface area contributed by atoms with Gasteiger partial charge < -0.3 is 19.7 Å². The second-order valence-corrected chi connectivity index (χ2v) is 4.62. The fourth-order valence-electron chi connectivity index (χ4n) is 2.14. The fraction of sp³-hybridized carbons (Fsp3) is 0.429. The van der Waals surface area contributed by atoms with Gasteiger partial charge in [-0.1, -0.05) is 12.1 Å². The topological polar surface area (TPSA) is 69.1 Å². The second-order valence-electron chi connectivity index (χ2n) is 4.62. The predicted octanol–water partition coefficient (Wildman–Crippen LogP) is -0.673. The molecule has 0 spiro atoms. The van der Waals surface area contributed by atoms with Crippen molar-refractivity contribution in [2.24, 2.45) is 0 Å². The molecule has 0 aromatic heterocycles. The maximum atomic E-state index is 12.0. The maximum Gasteiger partial charge on any atom is 0.339 e. The molecule has 1 aliphatic heterocycles. The van der Waals surface area contributed by atoms with E-state index in [1.54, 1.807) is 24.3 Å². The van der Waals surface area contributed by atoms with E-state index in [4.69, 9.17) is 9.47 Å². The molecule has 0 aliphatic carbocycles. The van der Waals surface area contributed by atoms with Gasteiger partial charge in [-0.05, 0) is 12.1 Å². The molecule has 0 saturated carbocycles. The lowest BCUT2D eigenvalue weighted by atomic mass is 10.2. The zero-order valence-electron chi connectivity index (χ0n) is 11.5. The minimum Gasteiger partial charge on any atom is -0.465 e. The van der Waals surface area contributed by atoms with Crippen molar-refractivity contribution in [2.75, 3.05) is 45.3 Å². The van der Waals surface area contributed by atoms with E-state index >= 15 is 0 Å². The number of quaternary nitrogens is 1. The molecule has 0 unspecified atom stereocenters. The van der Waals surface area contributed by atoms with Crippen molar-refractivity contribution in [3.05, 3.63) is 29.8 Å². The van der Waals surface area contributed by atoms with E-state index in [1.165, 1.54) is 12.0 Å². The zero-order valence-corrected chi connectivity index (χ0v) is 11.5. The van der Waals surface area contributed by atoms with Crippen LogP contribution in [0.3, 0.4) is 0 Å². The van der Waals surface area contributed by atoms with Crippen LogP contribution < -0.4 is 10.2 Å². The average Bonchev–Trinajstić information content (AvgIpc) is 2.48. The van der Waals surface area contributed by atoms with Crippen molar-refractivity contribution in [1.29, 1.82) is 0 Å². The molecule has 20 heavy (non-hydrogen) atoms. The number of hydrogen-bond donors (Lipinski definition) is 2. The fourth-order valence-corrected chi connectivity index (χ4v) is 2.14. The first-order valence-electron chi connectivity index (χ1n) is 6.59. The normalized spacial score (nSPS) is 15.7. The summed E-state index contributed by atoms with van der Waals surface area (Å²) >= 11 is 0. The number of carbonyl (C=O) groups is 2. The van der Waals surface area contributed by atoms with Crippen molar-refractivity contribution in [2.45, 2.75) is 0 Å². The van der Waals surface area contributed by atoms with E-state index in [0.717, 1.165) is 13.1 Å². The van der Waals surface area contributed by atoms with Gasteiger partial charge in [-0.2, -0.15) is 0 Å². The van der Waals surface area contributed by atoms with Crippen LogP contribution in [0.15, 0.2) is 24.3 Å². The van der Waals surface area contributed by atoms with E-state index in [1.807, 2.05) is 0 Å². The highest BCUT2D eigenvalue weighted by atomic mass is 16.5. The van der Waals surface area contributed by atoms with E-state index in [9.17, 15) is 9.59 Å². The monoisotopic (exact) mass is 279 g/mol. The van der Waals surface area contributed by atoms with Crippen LogP contribution in [0.5, 0.6) is 0 Å². The van der Waals surface area contributed by atoms with Gasteiger partial charge in [0.1, 0.15) is 13.1 Å². The van der Waals surface area contributed by atoms with Crippen LogP contribution in [0.2, 0.25) is 0 Å². The molecule has 1 aromatic carbocycles. The third-order valence-electron chi connectivity index (χ3n) is 3.22. The van der Waals surface area contributed by atoms with Crippen molar-refractivity contribution >= 4 is 17.6 Å². The van der Waals surface area contributed by atoms with Crippen LogP contribution in [0.4, 0.5) is 5.69 Å². The number of para-hydroxylation sites is 1. The number of rotatable bonds is 4. The molecule has 2 N–H and O–H groups in total. The molecule has 6 nitrogen and oxygen atoms in total. The summed E-state index contributed by atoms with van der Waals surface area (Å²) < 4.78 is 9.95. The van der Waals surface area contributed by atoms with Crippen molar-refractivity contribution in [3.8, 4) is 0 Å². The maximum absolute atomic E-state index is 12.0. The van der Waals surface area contributed by atoms with Gasteiger partial charge in [-0.25, -0.2) is 4.79 Å². The lowest BCUT2D eigenvalue weighted by Gasteiger charge is -2.23. The standard InChI is InChI=1S/C14H18N2O4/c1-19-14(18)11-4-2-3-5-12(11)15-13(17)10-16-6-8-20-9-7-16/h2-5H,6-10H2,1H3,(H,15,17)/p+1. The van der Waals surface area contributed by atoms with Gasteiger partial charge in [0.15, 0.2) is 6.54 Å². The number of anilines is 1. The minimum atomic E-state index is -0.459. The highest BCUT2D eigenvalue weighted by molar-refractivity contribution is 6.01. The number of hydrogen-bond acceptors (Lipinski definition) is 4. The Balaban J connectivity index is 1.98. The summed E-state index contributed by atoms with van der Waals surface area (Å²) in [6.07, 6.45) is 0. The number of benzene rings is 1. The predicted molar refractivity (Wildman–Crippen MR) is 72.8 cm³/mol. The van der Waals surface area contributed by atoms with Gasteiger partial charge in [-0.3, -0.25) is 4.79 Å². The van der Waals surface area contributed by atoms with Crippen LogP contribution in [-0.2, 0) is 14.3 Å². The SMILES string of the molecule is COC(=O)c1ccccc1NC(=O)C[NH+]1CCOCC1. The Morgan fingerprint density at radius 1 is 1.30 bits per heavy atom. The summed E-state index contributed by atoms with van der Waals surface area (Å²) in [4.78, 5) is 24.8. The quantitative estimate of drug-likeness (QED) is 0.717. The Kier molecular flexibility index (Phi) is 5.09. The molecular formula is C14H19N2O4+. The van der Waals surface area contributed by atoms with E-state index in [-0.39, 0.29) is 5.91 Å². The number of esters is 1. The third kappa shape index (κ3) is 3.79. The zero-order chi connectivity index (χ0) is 14.4. The molecule has 1 aromatic rings. The van der Waals surface area contributed by atoms with E-state index in [0.29, 0.717) is 31.0 Å². The summed E-state index contributed by atoms with van der Waals surface area (Å²) in [7, 11) is 1.32. The molecule has 2 rings (SSSR count). The summed E-state index contributed by atoms with van der Waals surface area (Å²) in [6, 6.07) is 6.82. The Morgan fingerprint density at radius 3 is 2.70 bits per heavy atom. The van der Waals surface area contributed by atoms with Gasteiger partial charge in [0.05, 0.1) is 31.6 Å². The Labute approximate surface area is 117 Å². The highest BCUT2D eigenvalue weighted by Gasteiger charge is 2.19. The smallest absolute Gasteiger partial charge is 0.339 e. The Hall–Kier alpha value is -1.92. The molecule has 0 bridgehead atoms. The largest absolute Gasteiger partial charge is 0.465 e. The second kappa shape index (κ2) is 7.02. The average molecular weight is 279 g/mol. The number of amides is 1. The molecule has 1 saturated heterocycles. The van der Waals surface area contributed by atoms with Crippen molar-refractivity contribution in [3.63, 3.8) is 0 Å².